The zero-order valence-corrected chi connectivity index (χ0v) is 11.3. The number of carbonyl (C=O) groups is 1. The molecule has 0 aromatic heterocycles. The maximum Gasteiger partial charge on any atom is 0.454 e. The molecule has 0 spiro atoms. The average molecular weight is 323 g/mol. The first kappa shape index (κ1) is 19.7. The van der Waals surface area contributed by atoms with Crippen LogP contribution in [0.1, 0.15) is 0 Å². The van der Waals surface area contributed by atoms with E-state index in [1.807, 2.05) is 0 Å². The number of allylic oxidation sites excluding steroid dienone is 2. The normalized spacial score (nSPS) is 13.4. The van der Waals surface area contributed by atoms with Crippen LogP contribution >= 0.6 is 0 Å². The molecule has 0 saturated carbocycles. The number of ether oxygens (including phenoxy) is 2. The second-order valence-corrected chi connectivity index (χ2v) is 3.86. The van der Waals surface area contributed by atoms with Crippen LogP contribution in [0.5, 0.6) is 0 Å². The molecule has 0 heterocycles. The second kappa shape index (κ2) is 8.23. The molecule has 0 atom stereocenters. The summed E-state index contributed by atoms with van der Waals surface area (Å²) in [6, 6.07) is 0. The molecule has 0 aliphatic carbocycles. The van der Waals surface area contributed by atoms with Crippen LogP contribution in [-0.2, 0) is 14.3 Å². The van der Waals surface area contributed by atoms with Crippen LogP contribution in [0.4, 0.5) is 26.3 Å². The maximum atomic E-state index is 12.9. The Morgan fingerprint density at radius 3 is 1.67 bits per heavy atom. The van der Waals surface area contributed by atoms with Crippen molar-refractivity contribution in [2.24, 2.45) is 0 Å². The molecule has 10 heteroatoms. The predicted octanol–water partition coefficient (Wildman–Crippen LogP) is 2.16. The molecular formula is C11H15F6NO3. The van der Waals surface area contributed by atoms with Gasteiger partial charge in [0.05, 0.1) is 13.2 Å². The van der Waals surface area contributed by atoms with E-state index in [9.17, 15) is 31.1 Å². The molecule has 4 nitrogen and oxygen atoms in total. The molecule has 0 rings (SSSR count). The third kappa shape index (κ3) is 7.32. The van der Waals surface area contributed by atoms with Crippen LogP contribution in [-0.4, -0.2) is 63.6 Å². The Hall–Kier alpha value is -1.29. The molecule has 0 bridgehead atoms. The fourth-order valence-corrected chi connectivity index (χ4v) is 1.31. The third-order valence-corrected chi connectivity index (χ3v) is 2.31. The number of hydrogen-bond acceptors (Lipinski definition) is 4. The van der Waals surface area contributed by atoms with E-state index < -0.39 is 29.9 Å². The Morgan fingerprint density at radius 2 is 1.38 bits per heavy atom. The van der Waals surface area contributed by atoms with Gasteiger partial charge in [-0.25, -0.2) is 0 Å². The number of ketones is 1. The summed E-state index contributed by atoms with van der Waals surface area (Å²) in [4.78, 5) is 11.3. The highest BCUT2D eigenvalue weighted by atomic mass is 19.4. The molecule has 0 aliphatic rings. The lowest BCUT2D eigenvalue weighted by Gasteiger charge is -2.28. The highest BCUT2D eigenvalue weighted by molar-refractivity contribution is 5.95. The number of hydrogen-bond donors (Lipinski definition) is 0. The second-order valence-electron chi connectivity index (χ2n) is 3.86. The lowest BCUT2D eigenvalue weighted by atomic mass is 10.2. The van der Waals surface area contributed by atoms with Crippen molar-refractivity contribution in [2.45, 2.75) is 12.4 Å². The van der Waals surface area contributed by atoms with E-state index in [4.69, 9.17) is 0 Å². The first-order chi connectivity index (χ1) is 9.54. The Balaban J connectivity index is 5.42. The van der Waals surface area contributed by atoms with Crippen LogP contribution in [0.2, 0.25) is 0 Å². The van der Waals surface area contributed by atoms with Gasteiger partial charge in [0.25, 0.3) is 5.78 Å². The largest absolute Gasteiger partial charge is 0.454 e. The van der Waals surface area contributed by atoms with Crippen LogP contribution in [0, 0.1) is 0 Å². The van der Waals surface area contributed by atoms with Crippen molar-refractivity contribution >= 4 is 5.78 Å². The molecule has 0 N–H and O–H groups in total. The van der Waals surface area contributed by atoms with Crippen molar-refractivity contribution in [3.8, 4) is 0 Å². The van der Waals surface area contributed by atoms with Gasteiger partial charge in [0.2, 0.25) is 0 Å². The Kier molecular flexibility index (Phi) is 7.72. The molecule has 124 valence electrons. The quantitative estimate of drug-likeness (QED) is 0.507. The highest BCUT2D eigenvalue weighted by Gasteiger charge is 2.43. The molecule has 0 saturated heterocycles. The maximum absolute atomic E-state index is 12.9. The van der Waals surface area contributed by atoms with Gasteiger partial charge in [-0.05, 0) is 0 Å². The molecule has 0 aromatic rings. The highest BCUT2D eigenvalue weighted by Crippen LogP contribution is 2.30. The average Bonchev–Trinajstić information content (AvgIpc) is 2.34. The minimum Gasteiger partial charge on any atom is -0.383 e. The van der Waals surface area contributed by atoms with Gasteiger partial charge in [-0.2, -0.15) is 26.3 Å². The molecule has 0 unspecified atom stereocenters. The van der Waals surface area contributed by atoms with E-state index in [-0.39, 0.29) is 26.3 Å². The fourth-order valence-electron chi connectivity index (χ4n) is 1.31. The van der Waals surface area contributed by atoms with Crippen molar-refractivity contribution < 1.29 is 40.6 Å². The van der Waals surface area contributed by atoms with Crippen LogP contribution in [0.15, 0.2) is 11.8 Å². The zero-order valence-electron chi connectivity index (χ0n) is 11.3. The van der Waals surface area contributed by atoms with E-state index in [0.717, 1.165) is 0 Å². The third-order valence-electron chi connectivity index (χ3n) is 2.31. The number of halogens is 6. The van der Waals surface area contributed by atoms with Crippen LogP contribution in [0.25, 0.3) is 0 Å². The summed E-state index contributed by atoms with van der Waals surface area (Å²) >= 11 is 0. The molecule has 0 aliphatic heterocycles. The minimum atomic E-state index is -5.37. The lowest BCUT2D eigenvalue weighted by molar-refractivity contribution is -0.166. The van der Waals surface area contributed by atoms with Gasteiger partial charge in [0.1, 0.15) is 5.70 Å². The van der Waals surface area contributed by atoms with Gasteiger partial charge in [-0.15, -0.1) is 0 Å². The summed E-state index contributed by atoms with van der Waals surface area (Å²) in [6.07, 6.45) is -10.9. The standard InChI is InChI=1S/C11H15F6NO3/c1-20-5-3-18(4-6-21-2)8(10(12,13)14)7-9(19)11(15,16)17/h7H,3-6H2,1-2H3/b8-7-. The Morgan fingerprint density at radius 1 is 0.952 bits per heavy atom. The van der Waals surface area contributed by atoms with E-state index in [0.29, 0.717) is 4.90 Å². The summed E-state index contributed by atoms with van der Waals surface area (Å²) in [7, 11) is 2.46. The van der Waals surface area contributed by atoms with E-state index in [1.165, 1.54) is 14.2 Å². The van der Waals surface area contributed by atoms with Crippen molar-refractivity contribution in [3.63, 3.8) is 0 Å². The van der Waals surface area contributed by atoms with Gasteiger partial charge < -0.3 is 14.4 Å². The Bertz CT molecular complexity index is 356. The first-order valence-corrected chi connectivity index (χ1v) is 5.67. The first-order valence-electron chi connectivity index (χ1n) is 5.67. The van der Waals surface area contributed by atoms with Crippen molar-refractivity contribution in [3.05, 3.63) is 11.8 Å². The molecule has 0 aromatic carbocycles. The smallest absolute Gasteiger partial charge is 0.383 e. The van der Waals surface area contributed by atoms with E-state index in [2.05, 4.69) is 9.47 Å². The SMILES string of the molecule is COCCN(CCOC)/C(=C\C(=O)C(F)(F)F)C(F)(F)F. The predicted molar refractivity (Wildman–Crippen MR) is 60.5 cm³/mol. The van der Waals surface area contributed by atoms with Gasteiger partial charge in [-0.1, -0.05) is 0 Å². The van der Waals surface area contributed by atoms with Crippen molar-refractivity contribution in [2.75, 3.05) is 40.5 Å². The summed E-state index contributed by atoms with van der Waals surface area (Å²) < 4.78 is 84.2. The van der Waals surface area contributed by atoms with E-state index >= 15 is 0 Å². The molecule has 0 radical (unpaired) electrons. The summed E-state index contributed by atoms with van der Waals surface area (Å²) in [5.74, 6) is -2.57. The number of alkyl halides is 6. The number of nitrogens with zero attached hydrogens (tertiary/aromatic N) is 1. The van der Waals surface area contributed by atoms with Crippen molar-refractivity contribution in [1.82, 2.24) is 4.90 Å². The molecular weight excluding hydrogens is 308 g/mol. The lowest BCUT2D eigenvalue weighted by Crippen LogP contribution is -2.38. The molecule has 21 heavy (non-hydrogen) atoms. The molecule has 0 fully saturated rings. The van der Waals surface area contributed by atoms with Crippen LogP contribution < -0.4 is 0 Å². The number of methoxy groups -OCH3 is 2. The summed E-state index contributed by atoms with van der Waals surface area (Å²) in [6.45, 7) is -0.985. The monoisotopic (exact) mass is 323 g/mol. The van der Waals surface area contributed by atoms with Gasteiger partial charge in [0.15, 0.2) is 0 Å². The Labute approximate surface area is 117 Å². The number of rotatable bonds is 8. The van der Waals surface area contributed by atoms with E-state index in [1.54, 1.807) is 0 Å². The number of carbonyl (C=O) groups excluding carboxylic acids is 1. The van der Waals surface area contributed by atoms with Gasteiger partial charge in [0, 0.05) is 33.4 Å². The van der Waals surface area contributed by atoms with Crippen molar-refractivity contribution in [1.29, 1.82) is 0 Å². The van der Waals surface area contributed by atoms with Gasteiger partial charge in [-0.3, -0.25) is 4.79 Å². The fraction of sp³-hybridized carbons (Fsp3) is 0.727. The summed E-state index contributed by atoms with van der Waals surface area (Å²) in [5.41, 5.74) is -1.68. The van der Waals surface area contributed by atoms with Crippen LogP contribution in [0.3, 0.4) is 0 Å². The molecule has 0 amide bonds. The van der Waals surface area contributed by atoms with Gasteiger partial charge >= 0.3 is 12.4 Å². The zero-order chi connectivity index (χ0) is 16.7. The minimum absolute atomic E-state index is 0.155. The summed E-state index contributed by atoms with van der Waals surface area (Å²) in [5, 5.41) is 0. The topological polar surface area (TPSA) is 38.8 Å².